The van der Waals surface area contributed by atoms with Crippen molar-refractivity contribution in [3.05, 3.63) is 57.9 Å². The van der Waals surface area contributed by atoms with Crippen LogP contribution >= 0.6 is 0 Å². The number of ether oxygens (including phenoxy) is 1. The summed E-state index contributed by atoms with van der Waals surface area (Å²) in [4.78, 5) is 33.6. The van der Waals surface area contributed by atoms with Gasteiger partial charge in [0.1, 0.15) is 11.5 Å². The van der Waals surface area contributed by atoms with E-state index >= 15 is 0 Å². The van der Waals surface area contributed by atoms with E-state index in [0.29, 0.717) is 25.3 Å². The lowest BCUT2D eigenvalue weighted by Crippen LogP contribution is -2.37. The second kappa shape index (κ2) is 9.43. The van der Waals surface area contributed by atoms with Gasteiger partial charge in [0.15, 0.2) is 0 Å². The number of aliphatic hydroxyl groups excluding tert-OH is 1. The number of carbonyl (C=O) groups excluding carboxylic acids is 2. The van der Waals surface area contributed by atoms with Gasteiger partial charge >= 0.3 is 0 Å². The monoisotopic (exact) mass is 451 g/mol. The lowest BCUT2D eigenvalue weighted by molar-refractivity contribution is -0.140. The van der Waals surface area contributed by atoms with Gasteiger partial charge in [-0.05, 0) is 76.9 Å². The molecule has 33 heavy (non-hydrogen) atoms. The molecule has 176 valence electrons. The first kappa shape index (κ1) is 23.1. The molecule has 2 aliphatic heterocycles. The summed E-state index contributed by atoms with van der Waals surface area (Å²) in [6, 6.07) is 6.80. The van der Waals surface area contributed by atoms with Crippen LogP contribution in [0.3, 0.4) is 0 Å². The number of aliphatic hydroxyl groups is 1. The van der Waals surface area contributed by atoms with Gasteiger partial charge in [0.2, 0.25) is 0 Å². The van der Waals surface area contributed by atoms with Crippen molar-refractivity contribution in [3.63, 3.8) is 0 Å². The van der Waals surface area contributed by atoms with Crippen molar-refractivity contribution in [1.29, 1.82) is 0 Å². The maximum atomic E-state index is 13.3. The zero-order valence-electron chi connectivity index (χ0n) is 19.9. The Bertz CT molecular complexity index is 1080. The molecule has 1 amide bonds. The van der Waals surface area contributed by atoms with Crippen LogP contribution in [0.1, 0.15) is 53.9 Å². The summed E-state index contributed by atoms with van der Waals surface area (Å²) in [5, 5.41) is 11.4. The molecule has 1 aromatic carbocycles. The fourth-order valence-electron chi connectivity index (χ4n) is 5.02. The molecule has 0 saturated carbocycles. The number of Topliss-reactive ketones (excluding diaryl/α,β-unsaturated/α-hetero) is 1. The van der Waals surface area contributed by atoms with Crippen LogP contribution in [0.2, 0.25) is 0 Å². The van der Waals surface area contributed by atoms with Gasteiger partial charge in [0, 0.05) is 30.0 Å². The van der Waals surface area contributed by atoms with Crippen molar-refractivity contribution >= 4 is 17.4 Å². The SMILES string of the molecule is CCOc1ccc(C2/C(=C(\O)c3c(C)[nH]c(C)c3C)C(=O)C(=O)N2CCN2CCCC2)cc1. The average molecular weight is 452 g/mol. The Balaban J connectivity index is 1.78. The lowest BCUT2D eigenvalue weighted by Gasteiger charge is -2.27. The molecule has 0 bridgehead atoms. The third kappa shape index (κ3) is 4.29. The molecule has 2 aromatic rings. The number of nitrogens with zero attached hydrogens (tertiary/aromatic N) is 2. The highest BCUT2D eigenvalue weighted by atomic mass is 16.5. The van der Waals surface area contributed by atoms with E-state index in [0.717, 1.165) is 54.2 Å². The Labute approximate surface area is 195 Å². The third-order valence-electron chi connectivity index (χ3n) is 6.83. The molecule has 2 saturated heterocycles. The van der Waals surface area contributed by atoms with Gasteiger partial charge in [-0.3, -0.25) is 9.59 Å². The molecule has 7 heteroatoms. The van der Waals surface area contributed by atoms with E-state index in [2.05, 4.69) is 9.88 Å². The third-order valence-corrected chi connectivity index (χ3v) is 6.83. The normalized spacial score (nSPS) is 20.7. The molecule has 2 N–H and O–H groups in total. The van der Waals surface area contributed by atoms with Gasteiger partial charge in [-0.2, -0.15) is 0 Å². The number of rotatable bonds is 7. The molecule has 1 aromatic heterocycles. The van der Waals surface area contributed by atoms with Crippen LogP contribution < -0.4 is 4.74 Å². The molecular formula is C26H33N3O4. The summed E-state index contributed by atoms with van der Waals surface area (Å²) in [5.74, 6) is -0.582. The van der Waals surface area contributed by atoms with E-state index in [1.807, 2.05) is 52.0 Å². The predicted octanol–water partition coefficient (Wildman–Crippen LogP) is 3.86. The Morgan fingerprint density at radius 1 is 1.06 bits per heavy atom. The number of aromatic nitrogens is 1. The Morgan fingerprint density at radius 2 is 1.73 bits per heavy atom. The number of nitrogens with one attached hydrogen (secondary N) is 1. The van der Waals surface area contributed by atoms with Crippen LogP contribution in [0.5, 0.6) is 5.75 Å². The maximum absolute atomic E-state index is 13.3. The fraction of sp³-hybridized carbons (Fsp3) is 0.462. The summed E-state index contributed by atoms with van der Waals surface area (Å²) < 4.78 is 5.57. The largest absolute Gasteiger partial charge is 0.507 e. The van der Waals surface area contributed by atoms with Gasteiger partial charge < -0.3 is 24.6 Å². The van der Waals surface area contributed by atoms with E-state index in [1.54, 1.807) is 4.90 Å². The molecule has 4 rings (SSSR count). The number of likely N-dealkylation sites (tertiary alicyclic amines) is 2. The van der Waals surface area contributed by atoms with Crippen LogP contribution in [0.15, 0.2) is 29.8 Å². The zero-order chi connectivity index (χ0) is 23.7. The summed E-state index contributed by atoms with van der Waals surface area (Å²) in [6.45, 7) is 11.3. The van der Waals surface area contributed by atoms with Crippen LogP contribution in [0, 0.1) is 20.8 Å². The molecule has 1 atom stereocenters. The highest BCUT2D eigenvalue weighted by Crippen LogP contribution is 2.41. The summed E-state index contributed by atoms with van der Waals surface area (Å²) in [5.41, 5.74) is 4.10. The molecule has 2 fully saturated rings. The highest BCUT2D eigenvalue weighted by molar-refractivity contribution is 6.46. The minimum absolute atomic E-state index is 0.116. The second-order valence-corrected chi connectivity index (χ2v) is 8.92. The maximum Gasteiger partial charge on any atom is 0.295 e. The highest BCUT2D eigenvalue weighted by Gasteiger charge is 2.46. The van der Waals surface area contributed by atoms with E-state index < -0.39 is 17.7 Å². The van der Waals surface area contributed by atoms with Crippen molar-refractivity contribution in [2.45, 2.75) is 46.6 Å². The van der Waals surface area contributed by atoms with Crippen LogP contribution in [-0.4, -0.2) is 64.4 Å². The minimum atomic E-state index is -0.641. The standard InChI is InChI=1S/C26H33N3O4/c1-5-33-20-10-8-19(9-11-20)23-22(24(30)21-16(2)17(3)27-18(21)4)25(31)26(32)29(23)15-14-28-12-6-7-13-28/h8-11,23,27,30H,5-7,12-15H2,1-4H3/b24-22+. The number of benzene rings is 1. The minimum Gasteiger partial charge on any atom is -0.507 e. The number of hydrogen-bond donors (Lipinski definition) is 2. The van der Waals surface area contributed by atoms with Crippen molar-refractivity contribution in [2.75, 3.05) is 32.8 Å². The smallest absolute Gasteiger partial charge is 0.295 e. The van der Waals surface area contributed by atoms with E-state index in [1.165, 1.54) is 0 Å². The molecular weight excluding hydrogens is 418 g/mol. The van der Waals surface area contributed by atoms with Gasteiger partial charge in [-0.15, -0.1) is 0 Å². The van der Waals surface area contributed by atoms with Crippen molar-refractivity contribution in [2.24, 2.45) is 0 Å². The quantitative estimate of drug-likeness (QED) is 0.379. The number of aryl methyl sites for hydroxylation is 2. The first-order valence-electron chi connectivity index (χ1n) is 11.7. The molecule has 0 aliphatic carbocycles. The van der Waals surface area contributed by atoms with E-state index in [9.17, 15) is 14.7 Å². The van der Waals surface area contributed by atoms with Crippen LogP contribution in [0.25, 0.3) is 5.76 Å². The topological polar surface area (TPSA) is 85.9 Å². The molecule has 1 unspecified atom stereocenters. The van der Waals surface area contributed by atoms with Crippen molar-refractivity contribution in [3.8, 4) is 5.75 Å². The number of ketones is 1. The summed E-state index contributed by atoms with van der Waals surface area (Å²) in [7, 11) is 0. The average Bonchev–Trinajstić information content (AvgIpc) is 3.46. The zero-order valence-corrected chi connectivity index (χ0v) is 19.9. The van der Waals surface area contributed by atoms with Crippen LogP contribution in [0.4, 0.5) is 0 Å². The number of hydrogen-bond acceptors (Lipinski definition) is 5. The van der Waals surface area contributed by atoms with E-state index in [4.69, 9.17) is 4.74 Å². The Morgan fingerprint density at radius 3 is 2.30 bits per heavy atom. The molecule has 3 heterocycles. The molecule has 0 spiro atoms. The number of H-pyrrole nitrogens is 1. The Hall–Kier alpha value is -3.06. The van der Waals surface area contributed by atoms with Gasteiger partial charge in [-0.1, -0.05) is 12.1 Å². The number of aromatic amines is 1. The Kier molecular flexibility index (Phi) is 6.61. The molecule has 7 nitrogen and oxygen atoms in total. The first-order chi connectivity index (χ1) is 15.8. The van der Waals surface area contributed by atoms with Gasteiger partial charge in [0.05, 0.1) is 18.2 Å². The second-order valence-electron chi connectivity index (χ2n) is 8.92. The van der Waals surface area contributed by atoms with Crippen molar-refractivity contribution < 1.29 is 19.4 Å². The van der Waals surface area contributed by atoms with Crippen LogP contribution in [-0.2, 0) is 9.59 Å². The van der Waals surface area contributed by atoms with Gasteiger partial charge in [-0.25, -0.2) is 0 Å². The number of amides is 1. The fourth-order valence-corrected chi connectivity index (χ4v) is 5.02. The first-order valence-corrected chi connectivity index (χ1v) is 11.7. The number of carbonyl (C=O) groups is 2. The van der Waals surface area contributed by atoms with Crippen molar-refractivity contribution in [1.82, 2.24) is 14.8 Å². The summed E-state index contributed by atoms with van der Waals surface area (Å²) >= 11 is 0. The van der Waals surface area contributed by atoms with E-state index in [-0.39, 0.29) is 11.3 Å². The predicted molar refractivity (Wildman–Crippen MR) is 127 cm³/mol. The lowest BCUT2D eigenvalue weighted by atomic mass is 9.94. The molecule has 0 radical (unpaired) electrons. The summed E-state index contributed by atoms with van der Waals surface area (Å²) in [6.07, 6.45) is 2.32. The molecule has 2 aliphatic rings. The van der Waals surface area contributed by atoms with Gasteiger partial charge in [0.25, 0.3) is 11.7 Å².